The number of esters is 1. The van der Waals surface area contributed by atoms with Gasteiger partial charge in [0.25, 0.3) is 0 Å². The summed E-state index contributed by atoms with van der Waals surface area (Å²) in [5, 5.41) is 8.55. The van der Waals surface area contributed by atoms with Gasteiger partial charge in [0.05, 0.1) is 13.0 Å². The van der Waals surface area contributed by atoms with Gasteiger partial charge in [-0.3, -0.25) is 9.59 Å². The maximum atomic E-state index is 12.3. The highest BCUT2D eigenvalue weighted by molar-refractivity contribution is 5.80. The average Bonchev–Trinajstić information content (AvgIpc) is 2.32. The smallest absolute Gasteiger partial charge is 0.406 e. The molecule has 21 heavy (non-hydrogen) atoms. The molecular weight excluding hydrogens is 297 g/mol. The number of amides is 2. The van der Waals surface area contributed by atoms with Crippen LogP contribution >= 0.6 is 0 Å². The molecule has 0 aromatic carbocycles. The average molecular weight is 314 g/mol. The first kappa shape index (κ1) is 19.0. The minimum atomic E-state index is -4.72. The van der Waals surface area contributed by atoms with Gasteiger partial charge in [0.1, 0.15) is 13.1 Å². The van der Waals surface area contributed by atoms with Crippen LogP contribution in [0.1, 0.15) is 13.3 Å². The van der Waals surface area contributed by atoms with Crippen molar-refractivity contribution in [3.05, 3.63) is 0 Å². The second kappa shape index (κ2) is 8.32. The molecule has 1 N–H and O–H groups in total. The topological polar surface area (TPSA) is 87.2 Å². The Morgan fingerprint density at radius 1 is 1.24 bits per heavy atom. The fraction of sp³-hybridized carbons (Fsp3) is 0.727. The van der Waals surface area contributed by atoms with Crippen molar-refractivity contribution >= 4 is 18.0 Å². The summed E-state index contributed by atoms with van der Waals surface area (Å²) in [5.74, 6) is -2.16. The highest BCUT2D eigenvalue weighted by Crippen LogP contribution is 2.17. The Labute approximate surface area is 119 Å². The summed E-state index contributed by atoms with van der Waals surface area (Å²) in [6, 6.07) is -1.13. The van der Waals surface area contributed by atoms with Gasteiger partial charge in [0, 0.05) is 13.6 Å². The molecule has 0 saturated heterocycles. The first-order chi connectivity index (χ1) is 9.56. The van der Waals surface area contributed by atoms with Crippen molar-refractivity contribution < 1.29 is 37.4 Å². The molecule has 0 aromatic heterocycles. The van der Waals surface area contributed by atoms with Gasteiger partial charge >= 0.3 is 24.1 Å². The van der Waals surface area contributed by atoms with Gasteiger partial charge in [0.2, 0.25) is 0 Å². The maximum absolute atomic E-state index is 12.3. The van der Waals surface area contributed by atoms with E-state index in [4.69, 9.17) is 5.11 Å². The van der Waals surface area contributed by atoms with E-state index < -0.39 is 37.2 Å². The monoisotopic (exact) mass is 314 g/mol. The first-order valence-electron chi connectivity index (χ1n) is 6.01. The van der Waals surface area contributed by atoms with Gasteiger partial charge in [-0.05, 0) is 6.92 Å². The zero-order chi connectivity index (χ0) is 16.6. The predicted octanol–water partition coefficient (Wildman–Crippen LogP) is 0.940. The lowest BCUT2D eigenvalue weighted by atomic mass is 10.4. The molecule has 0 fully saturated rings. The highest BCUT2D eigenvalue weighted by Gasteiger charge is 2.35. The third-order valence-corrected chi connectivity index (χ3v) is 2.25. The number of carbonyl (C=O) groups excluding carboxylic acids is 2. The van der Waals surface area contributed by atoms with Crippen LogP contribution in [0.4, 0.5) is 18.0 Å². The van der Waals surface area contributed by atoms with Gasteiger partial charge in [-0.15, -0.1) is 0 Å². The van der Waals surface area contributed by atoms with Crippen LogP contribution in [0.15, 0.2) is 0 Å². The molecule has 2 amide bonds. The highest BCUT2D eigenvalue weighted by atomic mass is 19.4. The summed E-state index contributed by atoms with van der Waals surface area (Å²) in [6.45, 7) is -1.20. The Bertz CT molecular complexity index is 387. The molecule has 0 atom stereocenters. The molecule has 122 valence electrons. The van der Waals surface area contributed by atoms with Crippen LogP contribution in [0.25, 0.3) is 0 Å². The number of carbonyl (C=O) groups is 3. The number of carboxylic acid groups (broad SMARTS) is 1. The van der Waals surface area contributed by atoms with E-state index in [0.29, 0.717) is 0 Å². The number of aliphatic carboxylic acids is 1. The van der Waals surface area contributed by atoms with Crippen molar-refractivity contribution in [3.8, 4) is 0 Å². The molecule has 0 aliphatic heterocycles. The van der Waals surface area contributed by atoms with Crippen molar-refractivity contribution in [3.63, 3.8) is 0 Å². The van der Waals surface area contributed by atoms with Gasteiger partial charge in [-0.2, -0.15) is 13.2 Å². The van der Waals surface area contributed by atoms with Crippen LogP contribution in [0.2, 0.25) is 0 Å². The second-order valence-electron chi connectivity index (χ2n) is 4.12. The zero-order valence-corrected chi connectivity index (χ0v) is 11.6. The number of carboxylic acids is 1. The van der Waals surface area contributed by atoms with E-state index in [2.05, 4.69) is 4.74 Å². The molecule has 0 spiro atoms. The number of ether oxygens (including phenoxy) is 1. The van der Waals surface area contributed by atoms with Crippen LogP contribution in [0, 0.1) is 0 Å². The number of hydrogen-bond acceptors (Lipinski definition) is 4. The Hall–Kier alpha value is -2.00. The van der Waals surface area contributed by atoms with Crippen LogP contribution in [-0.2, 0) is 14.3 Å². The largest absolute Gasteiger partial charge is 0.480 e. The van der Waals surface area contributed by atoms with E-state index in [9.17, 15) is 27.6 Å². The van der Waals surface area contributed by atoms with Crippen molar-refractivity contribution in [1.29, 1.82) is 0 Å². The number of rotatable bonds is 7. The lowest BCUT2D eigenvalue weighted by Gasteiger charge is -2.27. The summed E-state index contributed by atoms with van der Waals surface area (Å²) in [4.78, 5) is 34.4. The summed E-state index contributed by atoms with van der Waals surface area (Å²) >= 11 is 0. The molecule has 0 aliphatic rings. The van der Waals surface area contributed by atoms with Crippen LogP contribution in [-0.4, -0.2) is 72.3 Å². The SMILES string of the molecule is CCOC(=O)CCN(C)C(=O)N(CC(=O)O)CC(F)(F)F. The molecule has 0 aromatic rings. The van der Waals surface area contributed by atoms with Crippen molar-refractivity contribution in [1.82, 2.24) is 9.80 Å². The molecule has 10 heteroatoms. The van der Waals surface area contributed by atoms with E-state index in [1.165, 1.54) is 7.05 Å². The minimum absolute atomic E-state index is 0.146. The predicted molar refractivity (Wildman–Crippen MR) is 64.5 cm³/mol. The van der Waals surface area contributed by atoms with Crippen molar-refractivity contribution in [2.45, 2.75) is 19.5 Å². The fourth-order valence-electron chi connectivity index (χ4n) is 1.40. The maximum Gasteiger partial charge on any atom is 0.406 e. The number of alkyl halides is 3. The van der Waals surface area contributed by atoms with Gasteiger partial charge in [-0.1, -0.05) is 0 Å². The Morgan fingerprint density at radius 3 is 2.24 bits per heavy atom. The van der Waals surface area contributed by atoms with Crippen LogP contribution in [0.5, 0.6) is 0 Å². The summed E-state index contributed by atoms with van der Waals surface area (Å²) < 4.78 is 41.6. The Morgan fingerprint density at radius 2 is 1.81 bits per heavy atom. The molecule has 0 radical (unpaired) electrons. The van der Waals surface area contributed by atoms with Crippen molar-refractivity contribution in [2.75, 3.05) is 33.3 Å². The van der Waals surface area contributed by atoms with Crippen LogP contribution < -0.4 is 0 Å². The quantitative estimate of drug-likeness (QED) is 0.707. The van der Waals surface area contributed by atoms with Gasteiger partial charge in [-0.25, -0.2) is 4.79 Å². The molecule has 7 nitrogen and oxygen atoms in total. The standard InChI is InChI=1S/C11H17F3N2O5/c1-3-21-9(19)4-5-15(2)10(20)16(6-8(17)18)7-11(12,13)14/h3-7H2,1-2H3,(H,17,18). The molecule has 0 bridgehead atoms. The fourth-order valence-corrected chi connectivity index (χ4v) is 1.40. The summed E-state index contributed by atoms with van der Waals surface area (Å²) in [6.07, 6.45) is -4.91. The Balaban J connectivity index is 4.63. The first-order valence-corrected chi connectivity index (χ1v) is 6.01. The van der Waals surface area contributed by atoms with Gasteiger partial charge < -0.3 is 19.6 Å². The number of halogens is 3. The lowest BCUT2D eigenvalue weighted by Crippen LogP contribution is -2.48. The Kier molecular flexibility index (Phi) is 7.53. The molecule has 0 unspecified atom stereocenters. The minimum Gasteiger partial charge on any atom is -0.480 e. The molecule has 0 aliphatic carbocycles. The van der Waals surface area contributed by atoms with E-state index in [1.807, 2.05) is 0 Å². The van der Waals surface area contributed by atoms with E-state index in [1.54, 1.807) is 6.92 Å². The lowest BCUT2D eigenvalue weighted by molar-refractivity contribution is -0.150. The molecular formula is C11H17F3N2O5. The molecule has 0 heterocycles. The number of urea groups is 1. The molecule has 0 saturated carbocycles. The van der Waals surface area contributed by atoms with Crippen molar-refractivity contribution in [2.24, 2.45) is 0 Å². The van der Waals surface area contributed by atoms with Gasteiger partial charge in [0.15, 0.2) is 0 Å². The third kappa shape index (κ3) is 8.71. The zero-order valence-electron chi connectivity index (χ0n) is 11.6. The third-order valence-electron chi connectivity index (χ3n) is 2.25. The molecule has 0 rings (SSSR count). The number of nitrogens with zero attached hydrogens (tertiary/aromatic N) is 2. The van der Waals surface area contributed by atoms with E-state index in [-0.39, 0.29) is 24.5 Å². The second-order valence-corrected chi connectivity index (χ2v) is 4.12. The summed E-state index contributed by atoms with van der Waals surface area (Å²) in [7, 11) is 1.17. The van der Waals surface area contributed by atoms with E-state index >= 15 is 0 Å². The van der Waals surface area contributed by atoms with Crippen LogP contribution in [0.3, 0.4) is 0 Å². The number of hydrogen-bond donors (Lipinski definition) is 1. The summed E-state index contributed by atoms with van der Waals surface area (Å²) in [5.41, 5.74) is 0. The van der Waals surface area contributed by atoms with E-state index in [0.717, 1.165) is 4.90 Å². The normalized spacial score (nSPS) is 10.9.